The van der Waals surface area contributed by atoms with Gasteiger partial charge < -0.3 is 19.9 Å². The quantitative estimate of drug-likeness (QED) is 0.517. The van der Waals surface area contributed by atoms with Gasteiger partial charge in [0.1, 0.15) is 12.4 Å². The Balaban J connectivity index is 1.50. The molecule has 1 aliphatic heterocycles. The van der Waals surface area contributed by atoms with Crippen LogP contribution in [0.3, 0.4) is 0 Å². The molecule has 1 aromatic carbocycles. The largest absolute Gasteiger partial charge is 0.364 e. The zero-order valence-corrected chi connectivity index (χ0v) is 17.4. The molecule has 0 radical (unpaired) electrons. The number of hydrogen-bond donors (Lipinski definition) is 2. The van der Waals surface area contributed by atoms with Crippen LogP contribution in [0.15, 0.2) is 34.9 Å². The molecule has 2 aliphatic rings. The number of carbonyl (C=O) groups excluding carboxylic acids is 1. The highest BCUT2D eigenvalue weighted by Gasteiger charge is 2.31. The third-order valence-corrected chi connectivity index (χ3v) is 5.81. The summed E-state index contributed by atoms with van der Waals surface area (Å²) in [6.07, 6.45) is 4.27. The second-order valence-electron chi connectivity index (χ2n) is 8.09. The minimum atomic E-state index is -0.172. The van der Waals surface area contributed by atoms with E-state index >= 15 is 0 Å². The van der Waals surface area contributed by atoms with Crippen molar-refractivity contribution in [2.75, 3.05) is 19.7 Å². The number of hydrogen-bond acceptors (Lipinski definition) is 5. The summed E-state index contributed by atoms with van der Waals surface area (Å²) in [6.45, 7) is 4.66. The van der Waals surface area contributed by atoms with Crippen molar-refractivity contribution in [2.45, 2.75) is 51.2 Å². The van der Waals surface area contributed by atoms with Gasteiger partial charge in [-0.1, -0.05) is 35.3 Å². The second kappa shape index (κ2) is 9.92. The first-order valence-electron chi connectivity index (χ1n) is 10.8. The van der Waals surface area contributed by atoms with Gasteiger partial charge in [-0.25, -0.2) is 0 Å². The van der Waals surface area contributed by atoms with Crippen molar-refractivity contribution in [3.8, 4) is 11.8 Å². The molecule has 1 atom stereocenters. The summed E-state index contributed by atoms with van der Waals surface area (Å²) in [7, 11) is 0. The van der Waals surface area contributed by atoms with E-state index in [9.17, 15) is 4.79 Å². The van der Waals surface area contributed by atoms with Crippen molar-refractivity contribution in [2.24, 2.45) is 5.92 Å². The predicted molar refractivity (Wildman–Crippen MR) is 114 cm³/mol. The Morgan fingerprint density at radius 1 is 1.30 bits per heavy atom. The topological polar surface area (TPSA) is 76.4 Å². The summed E-state index contributed by atoms with van der Waals surface area (Å²) in [5.74, 6) is 7.21. The summed E-state index contributed by atoms with van der Waals surface area (Å²) in [6, 6.07) is 10.0. The molecular formula is C24H29N3O3. The molecule has 1 saturated heterocycles. The third-order valence-electron chi connectivity index (χ3n) is 5.81. The molecule has 2 aromatic rings. The molecule has 2 fully saturated rings. The van der Waals surface area contributed by atoms with E-state index in [2.05, 4.69) is 39.8 Å². The smallest absolute Gasteiger partial charge is 0.273 e. The lowest BCUT2D eigenvalue weighted by molar-refractivity contribution is 0.0904. The molecule has 1 aromatic heterocycles. The molecule has 30 heavy (non-hydrogen) atoms. The lowest BCUT2D eigenvalue weighted by Crippen LogP contribution is -2.39. The average molecular weight is 408 g/mol. The molecule has 4 rings (SSSR count). The van der Waals surface area contributed by atoms with Crippen molar-refractivity contribution in [1.29, 1.82) is 0 Å². The molecular weight excluding hydrogens is 378 g/mol. The molecule has 1 amide bonds. The van der Waals surface area contributed by atoms with Crippen LogP contribution in [0, 0.1) is 17.8 Å². The molecule has 2 N–H and O–H groups in total. The predicted octanol–water partition coefficient (Wildman–Crippen LogP) is 3.56. The zero-order valence-electron chi connectivity index (χ0n) is 17.4. The Morgan fingerprint density at radius 2 is 2.13 bits per heavy atom. The van der Waals surface area contributed by atoms with Crippen molar-refractivity contribution in [3.05, 3.63) is 52.9 Å². The molecule has 6 nitrogen and oxygen atoms in total. The van der Waals surface area contributed by atoms with Gasteiger partial charge in [-0.15, -0.1) is 5.92 Å². The van der Waals surface area contributed by atoms with Gasteiger partial charge in [0.2, 0.25) is 0 Å². The molecule has 2 heterocycles. The van der Waals surface area contributed by atoms with Gasteiger partial charge in [0.15, 0.2) is 5.69 Å². The van der Waals surface area contributed by atoms with Gasteiger partial charge in [-0.3, -0.25) is 4.79 Å². The van der Waals surface area contributed by atoms with Crippen LogP contribution in [-0.2, 0) is 11.3 Å². The molecule has 158 valence electrons. The minimum Gasteiger partial charge on any atom is -0.364 e. The van der Waals surface area contributed by atoms with E-state index < -0.39 is 0 Å². The fourth-order valence-electron chi connectivity index (χ4n) is 3.99. The minimum absolute atomic E-state index is 0.0731. The van der Waals surface area contributed by atoms with Gasteiger partial charge >= 0.3 is 0 Å². The lowest BCUT2D eigenvalue weighted by Gasteiger charge is -2.31. The number of carbonyl (C=O) groups is 1. The van der Waals surface area contributed by atoms with E-state index in [1.165, 1.54) is 0 Å². The highest BCUT2D eigenvalue weighted by Crippen LogP contribution is 2.40. The summed E-state index contributed by atoms with van der Waals surface area (Å²) in [4.78, 5) is 13.0. The van der Waals surface area contributed by atoms with Crippen LogP contribution in [0.4, 0.5) is 0 Å². The normalized spacial score (nSPS) is 17.8. The number of piperidine rings is 1. The van der Waals surface area contributed by atoms with Gasteiger partial charge in [0.25, 0.3) is 5.91 Å². The van der Waals surface area contributed by atoms with Gasteiger partial charge in [0.05, 0.1) is 12.6 Å². The van der Waals surface area contributed by atoms with Crippen molar-refractivity contribution in [1.82, 2.24) is 15.8 Å². The first-order valence-corrected chi connectivity index (χ1v) is 10.8. The van der Waals surface area contributed by atoms with E-state index in [1.807, 2.05) is 12.1 Å². The first-order chi connectivity index (χ1) is 14.7. The Kier molecular flexibility index (Phi) is 6.83. The van der Waals surface area contributed by atoms with Crippen molar-refractivity contribution in [3.63, 3.8) is 0 Å². The average Bonchev–Trinajstić information content (AvgIpc) is 3.52. The Labute approximate surface area is 177 Å². The number of nitrogens with zero attached hydrogens (tertiary/aromatic N) is 1. The summed E-state index contributed by atoms with van der Waals surface area (Å²) in [5, 5.41) is 10.7. The number of rotatable bonds is 8. The fraction of sp³-hybridized carbons (Fsp3) is 0.500. The van der Waals surface area contributed by atoms with E-state index in [1.54, 1.807) is 13.0 Å². The van der Waals surface area contributed by atoms with E-state index in [0.717, 1.165) is 55.7 Å². The van der Waals surface area contributed by atoms with E-state index in [0.29, 0.717) is 30.7 Å². The van der Waals surface area contributed by atoms with E-state index in [-0.39, 0.29) is 11.9 Å². The first kappa shape index (κ1) is 20.6. The summed E-state index contributed by atoms with van der Waals surface area (Å²) in [5.41, 5.74) is 2.55. The number of nitrogens with one attached hydrogen (secondary N) is 2. The second-order valence-corrected chi connectivity index (χ2v) is 8.09. The fourth-order valence-corrected chi connectivity index (χ4v) is 3.99. The van der Waals surface area contributed by atoms with Gasteiger partial charge in [0, 0.05) is 12.0 Å². The van der Waals surface area contributed by atoms with Crippen LogP contribution in [0.5, 0.6) is 0 Å². The SMILES string of the molecule is CC#CCOCc1cccc(C(NC(=O)c2cc(C3CC3)on2)C2CCNCC2)c1. The number of benzene rings is 1. The van der Waals surface area contributed by atoms with Crippen LogP contribution >= 0.6 is 0 Å². The Bertz CT molecular complexity index is 917. The van der Waals surface area contributed by atoms with Crippen molar-refractivity contribution < 1.29 is 14.1 Å². The van der Waals surface area contributed by atoms with Crippen LogP contribution in [0.1, 0.15) is 71.9 Å². The molecule has 1 aliphatic carbocycles. The Hall–Kier alpha value is -2.62. The summed E-state index contributed by atoms with van der Waals surface area (Å²) < 4.78 is 11.0. The Morgan fingerprint density at radius 3 is 2.90 bits per heavy atom. The molecule has 6 heteroatoms. The van der Waals surface area contributed by atoms with Crippen LogP contribution in [0.2, 0.25) is 0 Å². The summed E-state index contributed by atoms with van der Waals surface area (Å²) >= 11 is 0. The molecule has 1 saturated carbocycles. The number of ether oxygens (including phenoxy) is 1. The monoisotopic (exact) mass is 407 g/mol. The molecule has 0 spiro atoms. The number of aromatic nitrogens is 1. The number of amides is 1. The molecule has 0 bridgehead atoms. The third kappa shape index (κ3) is 5.29. The molecule has 1 unspecified atom stereocenters. The highest BCUT2D eigenvalue weighted by molar-refractivity contribution is 5.92. The van der Waals surface area contributed by atoms with Crippen LogP contribution < -0.4 is 10.6 Å². The van der Waals surface area contributed by atoms with Gasteiger partial charge in [-0.2, -0.15) is 0 Å². The maximum atomic E-state index is 13.0. The zero-order chi connectivity index (χ0) is 20.8. The van der Waals surface area contributed by atoms with Crippen LogP contribution in [0.25, 0.3) is 0 Å². The lowest BCUT2D eigenvalue weighted by atomic mass is 9.85. The van der Waals surface area contributed by atoms with E-state index in [4.69, 9.17) is 9.26 Å². The maximum absolute atomic E-state index is 13.0. The van der Waals surface area contributed by atoms with Crippen LogP contribution in [-0.4, -0.2) is 30.8 Å². The standard InChI is InChI=1S/C24H29N3O3/c1-2-3-13-29-16-17-5-4-6-20(14-17)23(19-9-11-25-12-10-19)26-24(28)21-15-22(30-27-21)18-7-8-18/h4-6,14-15,18-19,23,25H,7-13,16H2,1H3,(H,26,28). The van der Waals surface area contributed by atoms with Crippen molar-refractivity contribution >= 4 is 5.91 Å². The van der Waals surface area contributed by atoms with Gasteiger partial charge in [-0.05, 0) is 62.7 Å². The maximum Gasteiger partial charge on any atom is 0.273 e. The highest BCUT2D eigenvalue weighted by atomic mass is 16.5.